The van der Waals surface area contributed by atoms with Crippen LogP contribution in [0.15, 0.2) is 18.3 Å². The average molecular weight is 223 g/mol. The van der Waals surface area contributed by atoms with Crippen molar-refractivity contribution < 1.29 is 14.2 Å². The van der Waals surface area contributed by atoms with Crippen LogP contribution in [0.25, 0.3) is 0 Å². The molecule has 2 fully saturated rings. The van der Waals surface area contributed by atoms with Crippen LogP contribution in [0.2, 0.25) is 0 Å². The second kappa shape index (κ2) is 3.50. The first-order chi connectivity index (χ1) is 7.66. The average Bonchev–Trinajstić information content (AvgIpc) is 2.59. The smallest absolute Gasteiger partial charge is 0.141 e. The zero-order valence-corrected chi connectivity index (χ0v) is 8.90. The fraction of sp³-hybridized carbons (Fsp3) is 0.583. The Morgan fingerprint density at radius 3 is 2.56 bits per heavy atom. The highest BCUT2D eigenvalue weighted by Gasteiger charge is 2.45. The molecule has 86 valence electrons. The Balaban J connectivity index is 1.90. The number of hydrogen-bond donors (Lipinski definition) is 1. The number of fused-ring (bicyclic) bond motifs is 2. The standard InChI is InChI=1S/C12H14FNO2/c13-8-1-4-11(14-7-8)12(15)5-9-2-3-10(6-12)16-9/h1,4,7,9-10,15H,2-3,5-6H2. The highest BCUT2D eigenvalue weighted by atomic mass is 19.1. The highest BCUT2D eigenvalue weighted by Crippen LogP contribution is 2.43. The van der Waals surface area contributed by atoms with Gasteiger partial charge in [-0.15, -0.1) is 0 Å². The lowest BCUT2D eigenvalue weighted by molar-refractivity contribution is -0.117. The fourth-order valence-corrected chi connectivity index (χ4v) is 2.78. The lowest BCUT2D eigenvalue weighted by Crippen LogP contribution is -2.39. The van der Waals surface area contributed by atoms with Crippen molar-refractivity contribution in [3.05, 3.63) is 29.8 Å². The van der Waals surface area contributed by atoms with Gasteiger partial charge in [-0.2, -0.15) is 0 Å². The van der Waals surface area contributed by atoms with E-state index in [1.54, 1.807) is 6.07 Å². The van der Waals surface area contributed by atoms with Gasteiger partial charge in [-0.05, 0) is 25.0 Å². The van der Waals surface area contributed by atoms with Gasteiger partial charge in [-0.1, -0.05) is 0 Å². The summed E-state index contributed by atoms with van der Waals surface area (Å²) in [5.41, 5.74) is -0.369. The third kappa shape index (κ3) is 1.62. The molecule has 2 atom stereocenters. The van der Waals surface area contributed by atoms with Crippen molar-refractivity contribution >= 4 is 0 Å². The topological polar surface area (TPSA) is 42.4 Å². The van der Waals surface area contributed by atoms with Crippen molar-refractivity contribution in [2.45, 2.75) is 43.5 Å². The summed E-state index contributed by atoms with van der Waals surface area (Å²) in [5, 5.41) is 10.5. The minimum atomic E-state index is -0.933. The summed E-state index contributed by atoms with van der Waals surface area (Å²) < 4.78 is 18.5. The lowest BCUT2D eigenvalue weighted by atomic mass is 9.87. The van der Waals surface area contributed by atoms with E-state index >= 15 is 0 Å². The molecule has 0 radical (unpaired) electrons. The van der Waals surface area contributed by atoms with Gasteiger partial charge < -0.3 is 9.84 Å². The van der Waals surface area contributed by atoms with Crippen molar-refractivity contribution in [3.8, 4) is 0 Å². The van der Waals surface area contributed by atoms with Crippen LogP contribution in [0.5, 0.6) is 0 Å². The molecule has 2 aliphatic rings. The molecular formula is C12H14FNO2. The molecule has 1 N–H and O–H groups in total. The zero-order valence-electron chi connectivity index (χ0n) is 8.90. The molecular weight excluding hydrogens is 209 g/mol. The SMILES string of the molecule is OC1(c2ccc(F)cn2)CC2CCC(C1)O2. The van der Waals surface area contributed by atoms with Crippen LogP contribution in [-0.4, -0.2) is 22.3 Å². The maximum absolute atomic E-state index is 12.8. The Bertz CT molecular complexity index is 381. The van der Waals surface area contributed by atoms with E-state index in [-0.39, 0.29) is 18.0 Å². The number of aliphatic hydroxyl groups is 1. The molecule has 0 aliphatic carbocycles. The first-order valence-electron chi connectivity index (χ1n) is 5.66. The van der Waals surface area contributed by atoms with E-state index in [0.717, 1.165) is 19.0 Å². The maximum atomic E-state index is 12.8. The molecule has 2 bridgehead atoms. The molecule has 4 heteroatoms. The van der Waals surface area contributed by atoms with Crippen molar-refractivity contribution in [3.63, 3.8) is 0 Å². The molecule has 3 nitrogen and oxygen atoms in total. The van der Waals surface area contributed by atoms with E-state index in [2.05, 4.69) is 4.98 Å². The molecule has 0 saturated carbocycles. The van der Waals surface area contributed by atoms with Gasteiger partial charge in [-0.25, -0.2) is 4.39 Å². The number of ether oxygens (including phenoxy) is 1. The minimum absolute atomic E-state index is 0.135. The van der Waals surface area contributed by atoms with Crippen LogP contribution >= 0.6 is 0 Å². The van der Waals surface area contributed by atoms with Crippen LogP contribution in [0.1, 0.15) is 31.4 Å². The predicted octanol–water partition coefficient (Wildman–Crippen LogP) is 1.75. The molecule has 2 unspecified atom stereocenters. The number of nitrogens with zero attached hydrogens (tertiary/aromatic N) is 1. The number of aromatic nitrogens is 1. The molecule has 1 aromatic rings. The molecule has 2 aliphatic heterocycles. The largest absolute Gasteiger partial charge is 0.383 e. The second-order valence-electron chi connectivity index (χ2n) is 4.76. The Hall–Kier alpha value is -1.00. The van der Waals surface area contributed by atoms with Gasteiger partial charge in [0.15, 0.2) is 0 Å². The molecule has 16 heavy (non-hydrogen) atoms. The van der Waals surface area contributed by atoms with Crippen molar-refractivity contribution in [2.75, 3.05) is 0 Å². The number of pyridine rings is 1. The van der Waals surface area contributed by atoms with E-state index in [9.17, 15) is 9.50 Å². The van der Waals surface area contributed by atoms with Crippen LogP contribution in [0.4, 0.5) is 4.39 Å². The Morgan fingerprint density at radius 1 is 1.31 bits per heavy atom. The van der Waals surface area contributed by atoms with Crippen molar-refractivity contribution in [1.82, 2.24) is 4.98 Å². The third-order valence-corrected chi connectivity index (χ3v) is 3.53. The van der Waals surface area contributed by atoms with Gasteiger partial charge in [0.1, 0.15) is 11.4 Å². The van der Waals surface area contributed by atoms with Crippen LogP contribution in [0.3, 0.4) is 0 Å². The monoisotopic (exact) mass is 223 g/mol. The van der Waals surface area contributed by atoms with E-state index in [0.29, 0.717) is 18.5 Å². The summed E-state index contributed by atoms with van der Waals surface area (Å²) >= 11 is 0. The second-order valence-corrected chi connectivity index (χ2v) is 4.76. The predicted molar refractivity (Wildman–Crippen MR) is 55.2 cm³/mol. The van der Waals surface area contributed by atoms with Crippen molar-refractivity contribution in [1.29, 1.82) is 0 Å². The van der Waals surface area contributed by atoms with Crippen LogP contribution < -0.4 is 0 Å². The van der Waals surface area contributed by atoms with Gasteiger partial charge in [0, 0.05) is 12.8 Å². The van der Waals surface area contributed by atoms with E-state index in [1.807, 2.05) is 0 Å². The Kier molecular flexibility index (Phi) is 2.23. The van der Waals surface area contributed by atoms with Crippen LogP contribution in [-0.2, 0) is 10.3 Å². The van der Waals surface area contributed by atoms with E-state index in [1.165, 1.54) is 6.07 Å². The van der Waals surface area contributed by atoms with Crippen LogP contribution in [0, 0.1) is 5.82 Å². The summed E-state index contributed by atoms with van der Waals surface area (Å²) in [6.07, 6.45) is 4.59. The van der Waals surface area contributed by atoms with Gasteiger partial charge in [0.05, 0.1) is 24.1 Å². The van der Waals surface area contributed by atoms with Crippen molar-refractivity contribution in [2.24, 2.45) is 0 Å². The summed E-state index contributed by atoms with van der Waals surface area (Å²) in [6.45, 7) is 0. The molecule has 2 saturated heterocycles. The van der Waals surface area contributed by atoms with Gasteiger partial charge in [0.2, 0.25) is 0 Å². The van der Waals surface area contributed by atoms with Gasteiger partial charge in [0.25, 0.3) is 0 Å². The molecule has 0 aromatic carbocycles. The number of rotatable bonds is 1. The maximum Gasteiger partial charge on any atom is 0.141 e. The summed E-state index contributed by atoms with van der Waals surface area (Å²) in [6, 6.07) is 2.91. The number of hydrogen-bond acceptors (Lipinski definition) is 3. The molecule has 1 aromatic heterocycles. The summed E-state index contributed by atoms with van der Waals surface area (Å²) in [5.74, 6) is -0.373. The third-order valence-electron chi connectivity index (χ3n) is 3.53. The van der Waals surface area contributed by atoms with E-state index in [4.69, 9.17) is 4.74 Å². The quantitative estimate of drug-likeness (QED) is 0.788. The molecule has 3 rings (SSSR count). The van der Waals surface area contributed by atoms with Gasteiger partial charge in [-0.3, -0.25) is 4.98 Å². The summed E-state index contributed by atoms with van der Waals surface area (Å²) in [4.78, 5) is 3.99. The normalized spacial score (nSPS) is 37.6. The first kappa shape index (κ1) is 10.2. The zero-order chi connectivity index (χ0) is 11.2. The fourth-order valence-electron chi connectivity index (χ4n) is 2.78. The van der Waals surface area contributed by atoms with E-state index < -0.39 is 5.60 Å². The van der Waals surface area contributed by atoms with Gasteiger partial charge >= 0.3 is 0 Å². The molecule has 0 amide bonds. The first-order valence-corrected chi connectivity index (χ1v) is 5.66. The molecule has 3 heterocycles. The Morgan fingerprint density at radius 2 is 2.00 bits per heavy atom. The molecule has 0 spiro atoms. The number of halogens is 1. The Labute approximate surface area is 93.3 Å². The highest BCUT2D eigenvalue weighted by molar-refractivity contribution is 5.16. The lowest BCUT2D eigenvalue weighted by Gasteiger charge is -2.35. The summed E-state index contributed by atoms with van der Waals surface area (Å²) in [7, 11) is 0. The minimum Gasteiger partial charge on any atom is -0.383 e.